The maximum atomic E-state index is 13.3. The average molecular weight is 400 g/mol. The highest BCUT2D eigenvalue weighted by Gasteiger charge is 2.45. The highest BCUT2D eigenvalue weighted by Crippen LogP contribution is 2.39. The van der Waals surface area contributed by atoms with Crippen LogP contribution in [0.2, 0.25) is 0 Å². The fourth-order valence-corrected chi connectivity index (χ4v) is 5.01. The van der Waals surface area contributed by atoms with Gasteiger partial charge in [-0.25, -0.2) is 0 Å². The molecule has 7 nitrogen and oxygen atoms in total. The van der Waals surface area contributed by atoms with E-state index in [4.69, 9.17) is 4.52 Å². The Bertz CT molecular complexity index is 870. The number of likely N-dealkylation sites (tertiary alicyclic amines) is 2. The molecule has 2 aliphatic heterocycles. The second-order valence-corrected chi connectivity index (χ2v) is 9.08. The maximum Gasteiger partial charge on any atom is 0.276 e. The summed E-state index contributed by atoms with van der Waals surface area (Å²) < 4.78 is 7.37. The van der Waals surface area contributed by atoms with E-state index in [0.717, 1.165) is 69.7 Å². The molecule has 0 N–H and O–H groups in total. The topological polar surface area (TPSA) is 67.4 Å². The molecular formula is C22H33N5O2. The quantitative estimate of drug-likeness (QED) is 0.787. The second-order valence-electron chi connectivity index (χ2n) is 9.08. The van der Waals surface area contributed by atoms with Gasteiger partial charge in [0.25, 0.3) is 5.91 Å². The molecular weight excluding hydrogens is 366 g/mol. The number of aryl methyl sites for hydroxylation is 2. The van der Waals surface area contributed by atoms with E-state index in [2.05, 4.69) is 40.0 Å². The third-order valence-corrected chi connectivity index (χ3v) is 6.65. The van der Waals surface area contributed by atoms with Crippen molar-refractivity contribution in [2.45, 2.75) is 70.9 Å². The van der Waals surface area contributed by atoms with Crippen molar-refractivity contribution in [3.05, 3.63) is 35.0 Å². The fourth-order valence-electron chi connectivity index (χ4n) is 5.01. The lowest BCUT2D eigenvalue weighted by molar-refractivity contribution is 0.0547. The summed E-state index contributed by atoms with van der Waals surface area (Å²) in [4.78, 5) is 17.9. The number of amides is 1. The summed E-state index contributed by atoms with van der Waals surface area (Å²) in [5.74, 6) is 1.05. The van der Waals surface area contributed by atoms with Gasteiger partial charge in [0, 0.05) is 44.2 Å². The molecule has 2 aromatic heterocycles. The molecule has 0 aromatic carbocycles. The van der Waals surface area contributed by atoms with Gasteiger partial charge in [-0.3, -0.25) is 14.4 Å². The number of rotatable bonds is 4. The first kappa shape index (κ1) is 20.1. The van der Waals surface area contributed by atoms with Gasteiger partial charge in [-0.1, -0.05) is 19.0 Å². The van der Waals surface area contributed by atoms with Crippen LogP contribution in [0.5, 0.6) is 0 Å². The van der Waals surface area contributed by atoms with Gasteiger partial charge in [0.15, 0.2) is 5.69 Å². The van der Waals surface area contributed by atoms with Crippen LogP contribution in [-0.2, 0) is 13.6 Å². The summed E-state index contributed by atoms with van der Waals surface area (Å²) in [7, 11) is 2.02. The Labute approximate surface area is 173 Å². The van der Waals surface area contributed by atoms with E-state index < -0.39 is 0 Å². The van der Waals surface area contributed by atoms with Crippen molar-refractivity contribution in [1.82, 2.24) is 24.7 Å². The van der Waals surface area contributed by atoms with Gasteiger partial charge in [-0.15, -0.1) is 0 Å². The van der Waals surface area contributed by atoms with Gasteiger partial charge >= 0.3 is 0 Å². The monoisotopic (exact) mass is 399 g/mol. The molecule has 29 heavy (non-hydrogen) atoms. The van der Waals surface area contributed by atoms with Crippen LogP contribution in [-0.4, -0.2) is 55.8 Å². The minimum Gasteiger partial charge on any atom is -0.360 e. The van der Waals surface area contributed by atoms with E-state index in [9.17, 15) is 4.79 Å². The molecule has 1 atom stereocenters. The van der Waals surface area contributed by atoms with Crippen LogP contribution in [0, 0.1) is 6.92 Å². The van der Waals surface area contributed by atoms with Crippen LogP contribution in [0.3, 0.4) is 0 Å². The first-order valence-electron chi connectivity index (χ1n) is 10.9. The third kappa shape index (κ3) is 3.97. The highest BCUT2D eigenvalue weighted by molar-refractivity contribution is 5.93. The number of aromatic nitrogens is 3. The number of hydrogen-bond acceptors (Lipinski definition) is 5. The summed E-state index contributed by atoms with van der Waals surface area (Å²) in [5.41, 5.74) is 2.74. The number of carbonyl (C=O) groups excluding carboxylic acids is 1. The molecule has 4 heterocycles. The summed E-state index contributed by atoms with van der Waals surface area (Å²) in [6.07, 6.45) is 5.35. The van der Waals surface area contributed by atoms with Crippen LogP contribution in [0.15, 0.2) is 16.7 Å². The molecule has 158 valence electrons. The van der Waals surface area contributed by atoms with Crippen LogP contribution in [0.1, 0.15) is 79.5 Å². The molecule has 2 fully saturated rings. The SMILES string of the molecule is Cc1cc(CN2CCCC3(CCCN3C(=O)c3cc(C(C)C)on3)CC2)n(C)n1. The highest BCUT2D eigenvalue weighted by atomic mass is 16.5. The van der Waals surface area contributed by atoms with Crippen LogP contribution < -0.4 is 0 Å². The predicted octanol–water partition coefficient (Wildman–Crippen LogP) is 3.50. The molecule has 2 aromatic rings. The lowest BCUT2D eigenvalue weighted by atomic mass is 9.87. The Morgan fingerprint density at radius 3 is 2.59 bits per heavy atom. The van der Waals surface area contributed by atoms with Crippen molar-refractivity contribution < 1.29 is 9.32 Å². The molecule has 1 amide bonds. The smallest absolute Gasteiger partial charge is 0.276 e. The van der Waals surface area contributed by atoms with Crippen molar-refractivity contribution in [2.24, 2.45) is 7.05 Å². The Balaban J connectivity index is 1.46. The third-order valence-electron chi connectivity index (χ3n) is 6.65. The Morgan fingerprint density at radius 1 is 1.17 bits per heavy atom. The van der Waals surface area contributed by atoms with Crippen molar-refractivity contribution in [1.29, 1.82) is 0 Å². The second kappa shape index (κ2) is 7.94. The minimum absolute atomic E-state index is 0.0360. The largest absolute Gasteiger partial charge is 0.360 e. The van der Waals surface area contributed by atoms with Crippen molar-refractivity contribution in [3.8, 4) is 0 Å². The molecule has 0 bridgehead atoms. The Morgan fingerprint density at radius 2 is 1.93 bits per heavy atom. The molecule has 2 saturated heterocycles. The van der Waals surface area contributed by atoms with Gasteiger partial charge in [0.2, 0.25) is 0 Å². The standard InChI is InChI=1S/C22H33N5O2/c1-16(2)20-14-19(24-29-20)21(28)27-11-6-8-22(27)7-5-10-26(12-9-22)15-18-13-17(3)23-25(18)4/h13-14,16H,5-12,15H2,1-4H3. The molecule has 1 spiro atoms. The van der Waals surface area contributed by atoms with E-state index in [1.54, 1.807) is 0 Å². The maximum absolute atomic E-state index is 13.3. The normalized spacial score (nSPS) is 23.3. The lowest BCUT2D eigenvalue weighted by Crippen LogP contribution is -2.48. The summed E-state index contributed by atoms with van der Waals surface area (Å²) in [6.45, 7) is 9.95. The van der Waals surface area contributed by atoms with Crippen molar-refractivity contribution in [2.75, 3.05) is 19.6 Å². The summed E-state index contributed by atoms with van der Waals surface area (Å²) >= 11 is 0. The summed E-state index contributed by atoms with van der Waals surface area (Å²) in [6, 6.07) is 4.00. The zero-order chi connectivity index (χ0) is 20.6. The first-order valence-corrected chi connectivity index (χ1v) is 10.9. The summed E-state index contributed by atoms with van der Waals surface area (Å²) in [5, 5.41) is 8.56. The first-order chi connectivity index (χ1) is 13.9. The Hall–Kier alpha value is -2.15. The van der Waals surface area contributed by atoms with E-state index in [0.29, 0.717) is 5.69 Å². The fraction of sp³-hybridized carbons (Fsp3) is 0.682. The minimum atomic E-state index is -0.0366. The van der Waals surface area contributed by atoms with E-state index in [-0.39, 0.29) is 17.4 Å². The van der Waals surface area contributed by atoms with Gasteiger partial charge in [-0.05, 0) is 51.6 Å². The van der Waals surface area contributed by atoms with Gasteiger partial charge < -0.3 is 9.42 Å². The van der Waals surface area contributed by atoms with Crippen LogP contribution >= 0.6 is 0 Å². The van der Waals surface area contributed by atoms with E-state index in [1.165, 1.54) is 5.69 Å². The molecule has 0 radical (unpaired) electrons. The zero-order valence-corrected chi connectivity index (χ0v) is 18.1. The molecule has 7 heteroatoms. The van der Waals surface area contributed by atoms with Crippen molar-refractivity contribution >= 4 is 5.91 Å². The predicted molar refractivity (Wildman–Crippen MR) is 111 cm³/mol. The van der Waals surface area contributed by atoms with Crippen LogP contribution in [0.25, 0.3) is 0 Å². The lowest BCUT2D eigenvalue weighted by Gasteiger charge is -2.37. The Kier molecular flexibility index (Phi) is 5.51. The molecule has 4 rings (SSSR count). The van der Waals surface area contributed by atoms with E-state index >= 15 is 0 Å². The molecule has 0 aliphatic carbocycles. The number of nitrogens with zero attached hydrogens (tertiary/aromatic N) is 5. The number of hydrogen-bond donors (Lipinski definition) is 0. The van der Waals surface area contributed by atoms with Gasteiger partial charge in [0.1, 0.15) is 5.76 Å². The van der Waals surface area contributed by atoms with Gasteiger partial charge in [0.05, 0.1) is 11.4 Å². The van der Waals surface area contributed by atoms with Crippen molar-refractivity contribution in [3.63, 3.8) is 0 Å². The van der Waals surface area contributed by atoms with Crippen LogP contribution in [0.4, 0.5) is 0 Å². The van der Waals surface area contributed by atoms with Gasteiger partial charge in [-0.2, -0.15) is 5.10 Å². The zero-order valence-electron chi connectivity index (χ0n) is 18.1. The van der Waals surface area contributed by atoms with E-state index in [1.807, 2.05) is 24.7 Å². The molecule has 1 unspecified atom stereocenters. The molecule has 0 saturated carbocycles. The average Bonchev–Trinajstić information content (AvgIpc) is 3.35. The number of carbonyl (C=O) groups is 1. The molecule has 2 aliphatic rings.